The molecule has 0 bridgehead atoms. The highest BCUT2D eigenvalue weighted by Gasteiger charge is 2.22. The molecule has 124 valence electrons. The topological polar surface area (TPSA) is 70.8 Å². The highest BCUT2D eigenvalue weighted by atomic mass is 32.2. The number of aryl methyl sites for hydroxylation is 1. The van der Waals surface area contributed by atoms with Gasteiger partial charge in [0, 0.05) is 46.8 Å². The lowest BCUT2D eigenvalue weighted by Crippen LogP contribution is -2.37. The molecule has 1 amide bonds. The fourth-order valence-electron chi connectivity index (χ4n) is 3.14. The summed E-state index contributed by atoms with van der Waals surface area (Å²) < 4.78 is 17.4. The summed E-state index contributed by atoms with van der Waals surface area (Å²) in [6.45, 7) is 1.26. The first kappa shape index (κ1) is 16.1. The van der Waals surface area contributed by atoms with Crippen molar-refractivity contribution in [1.29, 1.82) is 0 Å². The first-order valence-electron chi connectivity index (χ1n) is 7.86. The van der Waals surface area contributed by atoms with Crippen molar-refractivity contribution in [3.8, 4) is 0 Å². The Bertz CT molecular complexity index is 731. The van der Waals surface area contributed by atoms with Crippen LogP contribution in [0.2, 0.25) is 0 Å². The summed E-state index contributed by atoms with van der Waals surface area (Å²) in [5, 5.41) is 9.96. The molecule has 0 aliphatic carbocycles. The lowest BCUT2D eigenvalue weighted by atomic mass is 9.92. The number of hydrogen-bond acceptors (Lipinski definition) is 3. The van der Waals surface area contributed by atoms with Crippen LogP contribution < -0.4 is 0 Å². The standard InChI is InChI=1S/C17H21NO4S/c1-23(21)15-4-5-16-13(11-15)10-14(22-16)3-2-12-6-8-18(9-7-12)17(19)20/h4-5,10-12H,2-3,6-9H2,1H3,(H,19,20). The Hall–Kier alpha value is -1.82. The molecule has 6 heteroatoms. The van der Waals surface area contributed by atoms with Crippen molar-refractivity contribution in [3.63, 3.8) is 0 Å². The molecule has 1 unspecified atom stereocenters. The van der Waals surface area contributed by atoms with E-state index in [1.54, 1.807) is 6.26 Å². The van der Waals surface area contributed by atoms with Gasteiger partial charge in [0.2, 0.25) is 0 Å². The first-order valence-corrected chi connectivity index (χ1v) is 9.42. The zero-order valence-electron chi connectivity index (χ0n) is 13.2. The van der Waals surface area contributed by atoms with Gasteiger partial charge in [-0.1, -0.05) is 0 Å². The average molecular weight is 335 g/mol. The molecule has 2 heterocycles. The molecule has 1 saturated heterocycles. The second kappa shape index (κ2) is 6.74. The van der Waals surface area contributed by atoms with Crippen LogP contribution in [-0.4, -0.2) is 39.7 Å². The van der Waals surface area contributed by atoms with Gasteiger partial charge in [0.1, 0.15) is 11.3 Å². The number of nitrogens with zero attached hydrogens (tertiary/aromatic N) is 1. The normalized spacial score (nSPS) is 17.5. The number of furan rings is 1. The van der Waals surface area contributed by atoms with Crippen LogP contribution in [0.15, 0.2) is 33.6 Å². The van der Waals surface area contributed by atoms with Crippen molar-refractivity contribution in [2.75, 3.05) is 19.3 Å². The molecular weight excluding hydrogens is 314 g/mol. The third kappa shape index (κ3) is 3.75. The van der Waals surface area contributed by atoms with Crippen molar-refractivity contribution >= 4 is 27.9 Å². The van der Waals surface area contributed by atoms with Crippen LogP contribution in [0.1, 0.15) is 25.0 Å². The summed E-state index contributed by atoms with van der Waals surface area (Å²) in [5.41, 5.74) is 0.829. The highest BCUT2D eigenvalue weighted by Crippen LogP contribution is 2.26. The van der Waals surface area contributed by atoms with Crippen LogP contribution in [0.3, 0.4) is 0 Å². The number of benzene rings is 1. The van der Waals surface area contributed by atoms with Gasteiger partial charge in [-0.05, 0) is 49.4 Å². The Kier molecular flexibility index (Phi) is 4.71. The number of carbonyl (C=O) groups is 1. The molecule has 0 spiro atoms. The van der Waals surface area contributed by atoms with Gasteiger partial charge < -0.3 is 14.4 Å². The number of carboxylic acid groups (broad SMARTS) is 1. The van der Waals surface area contributed by atoms with E-state index in [1.165, 1.54) is 4.90 Å². The zero-order valence-corrected chi connectivity index (χ0v) is 14.0. The fourth-order valence-corrected chi connectivity index (χ4v) is 3.69. The molecule has 1 aliphatic rings. The van der Waals surface area contributed by atoms with Gasteiger partial charge in [-0.2, -0.15) is 0 Å². The number of fused-ring (bicyclic) bond motifs is 1. The van der Waals surface area contributed by atoms with E-state index in [9.17, 15) is 9.00 Å². The Labute approximate surface area is 137 Å². The number of piperidine rings is 1. The van der Waals surface area contributed by atoms with Gasteiger partial charge in [-0.3, -0.25) is 4.21 Å². The molecule has 1 aliphatic heterocycles. The van der Waals surface area contributed by atoms with Crippen LogP contribution in [0.25, 0.3) is 11.0 Å². The molecule has 1 aromatic heterocycles. The van der Waals surface area contributed by atoms with Gasteiger partial charge in [-0.15, -0.1) is 0 Å². The summed E-state index contributed by atoms with van der Waals surface area (Å²) in [5.74, 6) is 1.50. The lowest BCUT2D eigenvalue weighted by Gasteiger charge is -2.29. The Balaban J connectivity index is 1.59. The summed E-state index contributed by atoms with van der Waals surface area (Å²) in [6, 6.07) is 7.66. The van der Waals surface area contributed by atoms with E-state index in [-0.39, 0.29) is 0 Å². The number of rotatable bonds is 4. The molecule has 1 fully saturated rings. The maximum atomic E-state index is 11.5. The van der Waals surface area contributed by atoms with E-state index in [2.05, 4.69) is 0 Å². The predicted octanol–water partition coefficient (Wildman–Crippen LogP) is 3.49. The molecule has 23 heavy (non-hydrogen) atoms. The van der Waals surface area contributed by atoms with E-state index < -0.39 is 16.9 Å². The molecular formula is C17H21NO4S. The molecule has 5 nitrogen and oxygen atoms in total. The predicted molar refractivity (Wildman–Crippen MR) is 89.2 cm³/mol. The maximum absolute atomic E-state index is 11.5. The van der Waals surface area contributed by atoms with Gasteiger partial charge in [-0.25, -0.2) is 4.79 Å². The second-order valence-corrected chi connectivity index (χ2v) is 7.50. The minimum atomic E-state index is -0.985. The Morgan fingerprint density at radius 2 is 2.09 bits per heavy atom. The second-order valence-electron chi connectivity index (χ2n) is 6.12. The van der Waals surface area contributed by atoms with Crippen LogP contribution in [0.5, 0.6) is 0 Å². The summed E-state index contributed by atoms with van der Waals surface area (Å²) in [4.78, 5) is 13.2. The summed E-state index contributed by atoms with van der Waals surface area (Å²) in [7, 11) is -0.985. The van der Waals surface area contributed by atoms with Crippen molar-refractivity contribution < 1.29 is 18.5 Å². The van der Waals surface area contributed by atoms with E-state index in [1.807, 2.05) is 24.3 Å². The van der Waals surface area contributed by atoms with Crippen LogP contribution >= 0.6 is 0 Å². The van der Waals surface area contributed by atoms with Gasteiger partial charge in [0.05, 0.1) is 0 Å². The summed E-state index contributed by atoms with van der Waals surface area (Å²) >= 11 is 0. The minimum Gasteiger partial charge on any atom is -0.465 e. The van der Waals surface area contributed by atoms with Gasteiger partial charge in [0.15, 0.2) is 0 Å². The number of hydrogen-bond donors (Lipinski definition) is 1. The molecule has 2 aromatic rings. The Morgan fingerprint density at radius 3 is 2.74 bits per heavy atom. The third-order valence-electron chi connectivity index (χ3n) is 4.55. The van der Waals surface area contributed by atoms with E-state index in [4.69, 9.17) is 9.52 Å². The largest absolute Gasteiger partial charge is 0.465 e. The smallest absolute Gasteiger partial charge is 0.407 e. The number of likely N-dealkylation sites (tertiary alicyclic amines) is 1. The lowest BCUT2D eigenvalue weighted by molar-refractivity contribution is 0.123. The van der Waals surface area contributed by atoms with Gasteiger partial charge >= 0.3 is 6.09 Å². The molecule has 3 rings (SSSR count). The summed E-state index contributed by atoms with van der Waals surface area (Å²) in [6.07, 6.45) is 4.57. The third-order valence-corrected chi connectivity index (χ3v) is 5.47. The SMILES string of the molecule is CS(=O)c1ccc2oc(CCC3CCN(C(=O)O)CC3)cc2c1. The van der Waals surface area contributed by atoms with E-state index in [0.717, 1.165) is 47.3 Å². The maximum Gasteiger partial charge on any atom is 0.407 e. The van der Waals surface area contributed by atoms with Crippen molar-refractivity contribution in [1.82, 2.24) is 4.90 Å². The molecule has 0 radical (unpaired) electrons. The number of amides is 1. The van der Waals surface area contributed by atoms with Crippen LogP contribution in [0, 0.1) is 5.92 Å². The monoisotopic (exact) mass is 335 g/mol. The van der Waals surface area contributed by atoms with Crippen LogP contribution in [0.4, 0.5) is 4.79 Å². The van der Waals surface area contributed by atoms with Crippen molar-refractivity contribution in [2.24, 2.45) is 5.92 Å². The van der Waals surface area contributed by atoms with E-state index in [0.29, 0.717) is 19.0 Å². The quantitative estimate of drug-likeness (QED) is 0.928. The molecule has 1 aromatic carbocycles. The Morgan fingerprint density at radius 1 is 1.35 bits per heavy atom. The van der Waals surface area contributed by atoms with Crippen molar-refractivity contribution in [3.05, 3.63) is 30.0 Å². The molecule has 1 atom stereocenters. The molecule has 1 N–H and O–H groups in total. The average Bonchev–Trinajstić information content (AvgIpc) is 2.95. The van der Waals surface area contributed by atoms with Gasteiger partial charge in [0.25, 0.3) is 0 Å². The first-order chi connectivity index (χ1) is 11.0. The molecule has 0 saturated carbocycles. The fraction of sp³-hybridized carbons (Fsp3) is 0.471. The van der Waals surface area contributed by atoms with Crippen LogP contribution in [-0.2, 0) is 17.2 Å². The highest BCUT2D eigenvalue weighted by molar-refractivity contribution is 7.84. The zero-order chi connectivity index (χ0) is 16.4. The van der Waals surface area contributed by atoms with Crippen molar-refractivity contribution in [2.45, 2.75) is 30.6 Å². The minimum absolute atomic E-state index is 0.553. The van der Waals surface area contributed by atoms with E-state index >= 15 is 0 Å².